The summed E-state index contributed by atoms with van der Waals surface area (Å²) >= 11 is 6.18. The van der Waals surface area contributed by atoms with Crippen LogP contribution >= 0.6 is 11.6 Å². The summed E-state index contributed by atoms with van der Waals surface area (Å²) in [5, 5.41) is 13.6. The number of nitrogens with zero attached hydrogens (tertiary/aromatic N) is 3. The zero-order valence-corrected chi connectivity index (χ0v) is 10.3. The maximum Gasteiger partial charge on any atom is 0.145 e. The number of rotatable bonds is 1. The summed E-state index contributed by atoms with van der Waals surface area (Å²) in [5.41, 5.74) is 8.88. The molecule has 0 saturated heterocycles. The Labute approximate surface area is 104 Å². The summed E-state index contributed by atoms with van der Waals surface area (Å²) in [7, 11) is 0. The molecule has 86 valence electrons. The van der Waals surface area contributed by atoms with Crippen LogP contribution < -0.4 is 5.73 Å². The number of nitriles is 1. The third kappa shape index (κ3) is 1.75. The smallest absolute Gasteiger partial charge is 0.145 e. The molecule has 0 aliphatic rings. The molecule has 1 aromatic heterocycles. The van der Waals surface area contributed by atoms with Gasteiger partial charge >= 0.3 is 0 Å². The van der Waals surface area contributed by atoms with Crippen molar-refractivity contribution >= 4 is 17.4 Å². The molecule has 2 aromatic rings. The van der Waals surface area contributed by atoms with E-state index in [0.29, 0.717) is 16.4 Å². The van der Waals surface area contributed by atoms with E-state index in [1.165, 1.54) is 10.9 Å². The highest BCUT2D eigenvalue weighted by molar-refractivity contribution is 6.32. The quantitative estimate of drug-likeness (QED) is 0.841. The predicted octanol–water partition coefficient (Wildman–Crippen LogP) is 2.60. The van der Waals surface area contributed by atoms with Crippen molar-refractivity contribution in [3.63, 3.8) is 0 Å². The zero-order valence-electron chi connectivity index (χ0n) is 9.53. The van der Waals surface area contributed by atoms with Crippen molar-refractivity contribution in [2.45, 2.75) is 13.8 Å². The Morgan fingerprint density at radius 1 is 1.41 bits per heavy atom. The second kappa shape index (κ2) is 4.11. The number of hydrogen-bond acceptors (Lipinski definition) is 3. The van der Waals surface area contributed by atoms with E-state index in [4.69, 9.17) is 22.6 Å². The Morgan fingerprint density at radius 2 is 2.12 bits per heavy atom. The van der Waals surface area contributed by atoms with E-state index in [9.17, 15) is 0 Å². The SMILES string of the molecule is Cc1ccc(-n2ncc(C#N)c2N)c(C)c1Cl. The molecule has 0 aliphatic heterocycles. The van der Waals surface area contributed by atoms with Crippen molar-refractivity contribution in [3.8, 4) is 11.8 Å². The van der Waals surface area contributed by atoms with Gasteiger partial charge in [-0.3, -0.25) is 0 Å². The van der Waals surface area contributed by atoms with E-state index in [2.05, 4.69) is 5.10 Å². The Kier molecular flexibility index (Phi) is 2.78. The number of hydrogen-bond donors (Lipinski definition) is 1. The average molecular weight is 247 g/mol. The molecule has 4 nitrogen and oxygen atoms in total. The molecular formula is C12H11ClN4. The van der Waals surface area contributed by atoms with Crippen LogP contribution in [0.25, 0.3) is 5.69 Å². The first kappa shape index (κ1) is 11.5. The largest absolute Gasteiger partial charge is 0.382 e. The van der Waals surface area contributed by atoms with Gasteiger partial charge in [0, 0.05) is 5.02 Å². The Bertz CT molecular complexity index is 622. The maximum absolute atomic E-state index is 8.84. The van der Waals surface area contributed by atoms with Gasteiger partial charge in [-0.2, -0.15) is 10.4 Å². The summed E-state index contributed by atoms with van der Waals surface area (Å²) in [6.45, 7) is 3.84. The third-order valence-electron chi connectivity index (χ3n) is 2.71. The van der Waals surface area contributed by atoms with Crippen LogP contribution in [0.2, 0.25) is 5.02 Å². The normalized spacial score (nSPS) is 10.2. The van der Waals surface area contributed by atoms with Crippen molar-refractivity contribution in [1.29, 1.82) is 5.26 Å². The molecule has 5 heteroatoms. The number of aryl methyl sites for hydroxylation is 1. The van der Waals surface area contributed by atoms with E-state index in [1.807, 2.05) is 32.0 Å². The van der Waals surface area contributed by atoms with Gasteiger partial charge in [0.1, 0.15) is 17.5 Å². The van der Waals surface area contributed by atoms with Crippen molar-refractivity contribution in [3.05, 3.63) is 40.0 Å². The summed E-state index contributed by atoms with van der Waals surface area (Å²) in [5.74, 6) is 0.329. The number of aromatic nitrogens is 2. The first-order chi connectivity index (χ1) is 8.06. The average Bonchev–Trinajstić information content (AvgIpc) is 2.68. The van der Waals surface area contributed by atoms with Crippen molar-refractivity contribution < 1.29 is 0 Å². The minimum absolute atomic E-state index is 0.329. The van der Waals surface area contributed by atoms with Crippen LogP contribution in [0, 0.1) is 25.2 Å². The summed E-state index contributed by atoms with van der Waals surface area (Å²) in [6, 6.07) is 5.78. The van der Waals surface area contributed by atoms with E-state index in [0.717, 1.165) is 16.8 Å². The highest BCUT2D eigenvalue weighted by Crippen LogP contribution is 2.27. The fourth-order valence-corrected chi connectivity index (χ4v) is 1.84. The molecule has 0 spiro atoms. The van der Waals surface area contributed by atoms with Crippen LogP contribution in [0.3, 0.4) is 0 Å². The minimum atomic E-state index is 0.329. The number of nitrogens with two attached hydrogens (primary N) is 1. The topological polar surface area (TPSA) is 67.6 Å². The first-order valence-electron chi connectivity index (χ1n) is 5.06. The van der Waals surface area contributed by atoms with Crippen LogP contribution in [0.4, 0.5) is 5.82 Å². The number of halogens is 1. The molecule has 0 amide bonds. The molecule has 17 heavy (non-hydrogen) atoms. The molecule has 0 fully saturated rings. The van der Waals surface area contributed by atoms with Gasteiger partial charge in [-0.25, -0.2) is 4.68 Å². The monoisotopic (exact) mass is 246 g/mol. The van der Waals surface area contributed by atoms with Gasteiger partial charge in [-0.15, -0.1) is 0 Å². The molecular weight excluding hydrogens is 236 g/mol. The van der Waals surface area contributed by atoms with E-state index < -0.39 is 0 Å². The summed E-state index contributed by atoms with van der Waals surface area (Å²) < 4.78 is 1.53. The minimum Gasteiger partial charge on any atom is -0.382 e. The molecule has 1 heterocycles. The lowest BCUT2D eigenvalue weighted by Gasteiger charge is -2.10. The van der Waals surface area contributed by atoms with Gasteiger partial charge in [0.2, 0.25) is 0 Å². The molecule has 0 saturated carbocycles. The second-order valence-electron chi connectivity index (χ2n) is 3.81. The van der Waals surface area contributed by atoms with Crippen LogP contribution in [-0.2, 0) is 0 Å². The van der Waals surface area contributed by atoms with Crippen molar-refractivity contribution in [1.82, 2.24) is 9.78 Å². The Hall–Kier alpha value is -1.99. The molecule has 2 N–H and O–H groups in total. The van der Waals surface area contributed by atoms with Crippen molar-refractivity contribution in [2.24, 2.45) is 0 Å². The lowest BCUT2D eigenvalue weighted by Crippen LogP contribution is -2.05. The number of benzene rings is 1. The van der Waals surface area contributed by atoms with Crippen LogP contribution in [0.1, 0.15) is 16.7 Å². The van der Waals surface area contributed by atoms with Crippen LogP contribution in [0.5, 0.6) is 0 Å². The fourth-order valence-electron chi connectivity index (χ4n) is 1.68. The maximum atomic E-state index is 8.84. The number of anilines is 1. The molecule has 0 atom stereocenters. The lowest BCUT2D eigenvalue weighted by molar-refractivity contribution is 0.882. The molecule has 0 bridgehead atoms. The summed E-state index contributed by atoms with van der Waals surface area (Å²) in [4.78, 5) is 0. The Balaban J connectivity index is 2.66. The van der Waals surface area contributed by atoms with Gasteiger partial charge in [-0.1, -0.05) is 17.7 Å². The molecule has 0 aliphatic carbocycles. The first-order valence-corrected chi connectivity index (χ1v) is 5.43. The highest BCUT2D eigenvalue weighted by atomic mass is 35.5. The van der Waals surface area contributed by atoms with E-state index in [1.54, 1.807) is 0 Å². The third-order valence-corrected chi connectivity index (χ3v) is 3.29. The molecule has 1 aromatic carbocycles. The molecule has 2 rings (SSSR count). The second-order valence-corrected chi connectivity index (χ2v) is 4.19. The number of nitrogen functional groups attached to an aromatic ring is 1. The molecule has 0 unspecified atom stereocenters. The van der Waals surface area contributed by atoms with E-state index in [-0.39, 0.29) is 0 Å². The van der Waals surface area contributed by atoms with Gasteiger partial charge in [-0.05, 0) is 31.0 Å². The van der Waals surface area contributed by atoms with Gasteiger partial charge < -0.3 is 5.73 Å². The van der Waals surface area contributed by atoms with Gasteiger partial charge in [0.15, 0.2) is 0 Å². The fraction of sp³-hybridized carbons (Fsp3) is 0.167. The predicted molar refractivity (Wildman–Crippen MR) is 67.2 cm³/mol. The lowest BCUT2D eigenvalue weighted by atomic mass is 10.1. The Morgan fingerprint density at radius 3 is 2.71 bits per heavy atom. The van der Waals surface area contributed by atoms with Gasteiger partial charge in [0.25, 0.3) is 0 Å². The zero-order chi connectivity index (χ0) is 12.6. The van der Waals surface area contributed by atoms with E-state index >= 15 is 0 Å². The molecule has 0 radical (unpaired) electrons. The van der Waals surface area contributed by atoms with Crippen molar-refractivity contribution in [2.75, 3.05) is 5.73 Å². The highest BCUT2D eigenvalue weighted by Gasteiger charge is 2.12. The standard InChI is InChI=1S/C12H11ClN4/c1-7-3-4-10(8(2)11(7)13)17-12(15)9(5-14)6-16-17/h3-4,6H,15H2,1-2H3. The summed E-state index contributed by atoms with van der Waals surface area (Å²) in [6.07, 6.45) is 1.45. The van der Waals surface area contributed by atoms with Crippen LogP contribution in [-0.4, -0.2) is 9.78 Å². The van der Waals surface area contributed by atoms with Crippen LogP contribution in [0.15, 0.2) is 18.3 Å². The van der Waals surface area contributed by atoms with Gasteiger partial charge in [0.05, 0.1) is 11.9 Å².